The van der Waals surface area contributed by atoms with Crippen molar-refractivity contribution in [3.05, 3.63) is 47.7 Å². The topological polar surface area (TPSA) is 82.3 Å². The van der Waals surface area contributed by atoms with Crippen molar-refractivity contribution < 1.29 is 13.2 Å². The van der Waals surface area contributed by atoms with E-state index in [0.717, 1.165) is 11.1 Å². The molecule has 0 fully saturated rings. The fourth-order valence-corrected chi connectivity index (χ4v) is 2.25. The van der Waals surface area contributed by atoms with Crippen molar-refractivity contribution in [3.63, 3.8) is 0 Å². The summed E-state index contributed by atoms with van der Waals surface area (Å²) in [6.07, 6.45) is 1.19. The van der Waals surface area contributed by atoms with Gasteiger partial charge in [0.2, 0.25) is 15.9 Å². The summed E-state index contributed by atoms with van der Waals surface area (Å²) >= 11 is 0. The molecule has 1 aromatic heterocycles. The van der Waals surface area contributed by atoms with Crippen molar-refractivity contribution in [3.8, 4) is 11.6 Å². The van der Waals surface area contributed by atoms with Gasteiger partial charge in [0.05, 0.1) is 6.20 Å². The van der Waals surface area contributed by atoms with Crippen LogP contribution in [0.1, 0.15) is 30.9 Å². The molecule has 0 radical (unpaired) electrons. The molecule has 0 saturated carbocycles. The standard InChI is InChI=1S/C15H18N2O3S/c1-10(2)12-5-4-11(3)14(8-12)20-15-7-6-13(9-17-15)21(16,18)19/h4-10H,1-3H3,(H2,16,18,19). The monoisotopic (exact) mass is 306 g/mol. The molecule has 0 unspecified atom stereocenters. The third kappa shape index (κ3) is 3.80. The molecule has 1 aromatic carbocycles. The number of ether oxygens (including phenoxy) is 1. The number of benzene rings is 1. The smallest absolute Gasteiger partial charge is 0.239 e. The zero-order valence-electron chi connectivity index (χ0n) is 12.2. The zero-order valence-corrected chi connectivity index (χ0v) is 13.0. The SMILES string of the molecule is Cc1ccc(C(C)C)cc1Oc1ccc(S(N)(=O)=O)cn1. The lowest BCUT2D eigenvalue weighted by molar-refractivity contribution is 0.457. The third-order valence-electron chi connectivity index (χ3n) is 3.13. The Balaban J connectivity index is 2.28. The molecule has 21 heavy (non-hydrogen) atoms. The lowest BCUT2D eigenvalue weighted by Gasteiger charge is -2.12. The van der Waals surface area contributed by atoms with E-state index < -0.39 is 10.0 Å². The molecule has 2 N–H and O–H groups in total. The minimum Gasteiger partial charge on any atom is -0.439 e. The number of sulfonamides is 1. The number of primary sulfonamides is 1. The average molecular weight is 306 g/mol. The average Bonchev–Trinajstić information content (AvgIpc) is 2.40. The largest absolute Gasteiger partial charge is 0.439 e. The van der Waals surface area contributed by atoms with E-state index >= 15 is 0 Å². The maximum Gasteiger partial charge on any atom is 0.239 e. The van der Waals surface area contributed by atoms with Gasteiger partial charge in [0.15, 0.2) is 0 Å². The van der Waals surface area contributed by atoms with Gasteiger partial charge < -0.3 is 4.74 Å². The molecule has 1 heterocycles. The highest BCUT2D eigenvalue weighted by atomic mass is 32.2. The van der Waals surface area contributed by atoms with Crippen LogP contribution in [0.2, 0.25) is 0 Å². The van der Waals surface area contributed by atoms with Gasteiger partial charge in [-0.2, -0.15) is 0 Å². The predicted molar refractivity (Wildman–Crippen MR) is 81.0 cm³/mol. The Morgan fingerprint density at radius 2 is 1.90 bits per heavy atom. The number of pyridine rings is 1. The third-order valence-corrected chi connectivity index (χ3v) is 4.03. The first-order valence-electron chi connectivity index (χ1n) is 6.54. The number of aryl methyl sites for hydroxylation is 1. The van der Waals surface area contributed by atoms with Gasteiger partial charge in [-0.3, -0.25) is 0 Å². The normalized spacial score (nSPS) is 11.7. The Labute approximate surface area is 124 Å². The van der Waals surface area contributed by atoms with Gasteiger partial charge in [-0.25, -0.2) is 18.5 Å². The van der Waals surface area contributed by atoms with Gasteiger partial charge in [0.25, 0.3) is 0 Å². The quantitative estimate of drug-likeness (QED) is 0.941. The van der Waals surface area contributed by atoms with Crippen LogP contribution in [-0.2, 0) is 10.0 Å². The number of rotatable bonds is 4. The molecule has 6 heteroatoms. The Morgan fingerprint density at radius 1 is 1.19 bits per heavy atom. The zero-order chi connectivity index (χ0) is 15.6. The minimum absolute atomic E-state index is 0.0393. The number of nitrogens with zero attached hydrogens (tertiary/aromatic N) is 1. The van der Waals surface area contributed by atoms with E-state index in [2.05, 4.69) is 24.9 Å². The van der Waals surface area contributed by atoms with Crippen LogP contribution in [0.15, 0.2) is 41.4 Å². The molecule has 5 nitrogen and oxygen atoms in total. The molecule has 0 bridgehead atoms. The molecule has 0 aliphatic carbocycles. The first kappa shape index (κ1) is 15.5. The van der Waals surface area contributed by atoms with Gasteiger partial charge in [0.1, 0.15) is 10.6 Å². The Hall–Kier alpha value is -1.92. The van der Waals surface area contributed by atoms with Crippen molar-refractivity contribution in [1.82, 2.24) is 4.98 Å². The highest BCUT2D eigenvalue weighted by molar-refractivity contribution is 7.89. The summed E-state index contributed by atoms with van der Waals surface area (Å²) < 4.78 is 28.1. The molecule has 0 atom stereocenters. The number of hydrogen-bond acceptors (Lipinski definition) is 4. The molecule has 0 aliphatic heterocycles. The van der Waals surface area contributed by atoms with Crippen LogP contribution in [0, 0.1) is 6.92 Å². The first-order chi connectivity index (χ1) is 9.77. The molecule has 0 amide bonds. The minimum atomic E-state index is -3.74. The molecule has 0 spiro atoms. The second kappa shape index (κ2) is 5.83. The van der Waals surface area contributed by atoms with E-state index in [1.807, 2.05) is 19.1 Å². The highest BCUT2D eigenvalue weighted by Crippen LogP contribution is 2.28. The summed E-state index contributed by atoms with van der Waals surface area (Å²) in [5, 5.41) is 5.03. The molecular formula is C15H18N2O3S. The van der Waals surface area contributed by atoms with E-state index in [4.69, 9.17) is 9.88 Å². The van der Waals surface area contributed by atoms with Gasteiger partial charge in [-0.05, 0) is 36.1 Å². The number of nitrogens with two attached hydrogens (primary N) is 1. The molecule has 2 aromatic rings. The summed E-state index contributed by atoms with van der Waals surface area (Å²) in [6, 6.07) is 8.88. The summed E-state index contributed by atoms with van der Waals surface area (Å²) in [6.45, 7) is 6.15. The van der Waals surface area contributed by atoms with Gasteiger partial charge in [-0.15, -0.1) is 0 Å². The lowest BCUT2D eigenvalue weighted by atomic mass is 10.0. The van der Waals surface area contributed by atoms with Crippen LogP contribution in [0.3, 0.4) is 0 Å². The van der Waals surface area contributed by atoms with Crippen LogP contribution in [0.4, 0.5) is 0 Å². The van der Waals surface area contributed by atoms with Crippen molar-refractivity contribution >= 4 is 10.0 Å². The van der Waals surface area contributed by atoms with E-state index in [-0.39, 0.29) is 4.90 Å². The Kier molecular flexibility index (Phi) is 4.29. The number of hydrogen-bond donors (Lipinski definition) is 1. The van der Waals surface area contributed by atoms with Gasteiger partial charge in [-0.1, -0.05) is 26.0 Å². The number of aromatic nitrogens is 1. The van der Waals surface area contributed by atoms with Crippen LogP contribution in [0.25, 0.3) is 0 Å². The summed E-state index contributed by atoms with van der Waals surface area (Å²) in [5.41, 5.74) is 2.15. The Morgan fingerprint density at radius 3 is 2.43 bits per heavy atom. The van der Waals surface area contributed by atoms with Crippen LogP contribution < -0.4 is 9.88 Å². The van der Waals surface area contributed by atoms with Crippen LogP contribution in [0.5, 0.6) is 11.6 Å². The lowest BCUT2D eigenvalue weighted by Crippen LogP contribution is -2.12. The fourth-order valence-electron chi connectivity index (χ4n) is 1.79. The van der Waals surface area contributed by atoms with Crippen LogP contribution >= 0.6 is 0 Å². The molecule has 0 aliphatic rings. The second-order valence-electron chi connectivity index (χ2n) is 5.16. The predicted octanol–water partition coefficient (Wildman–Crippen LogP) is 2.95. The second-order valence-corrected chi connectivity index (χ2v) is 6.72. The summed E-state index contributed by atoms with van der Waals surface area (Å²) in [4.78, 5) is 3.94. The molecule has 112 valence electrons. The Bertz CT molecular complexity index is 738. The van der Waals surface area contributed by atoms with E-state index in [9.17, 15) is 8.42 Å². The van der Waals surface area contributed by atoms with Crippen molar-refractivity contribution in [1.29, 1.82) is 0 Å². The van der Waals surface area contributed by atoms with E-state index in [1.165, 1.54) is 18.3 Å². The maximum atomic E-state index is 11.2. The first-order valence-corrected chi connectivity index (χ1v) is 8.09. The summed E-state index contributed by atoms with van der Waals surface area (Å²) in [5.74, 6) is 1.43. The van der Waals surface area contributed by atoms with E-state index in [1.54, 1.807) is 0 Å². The van der Waals surface area contributed by atoms with Gasteiger partial charge in [0, 0.05) is 6.07 Å². The highest BCUT2D eigenvalue weighted by Gasteiger charge is 2.10. The maximum absolute atomic E-state index is 11.2. The van der Waals surface area contributed by atoms with E-state index in [0.29, 0.717) is 17.5 Å². The fraction of sp³-hybridized carbons (Fsp3) is 0.267. The summed E-state index contributed by atoms with van der Waals surface area (Å²) in [7, 11) is -3.74. The molecule has 0 saturated heterocycles. The van der Waals surface area contributed by atoms with Crippen LogP contribution in [-0.4, -0.2) is 13.4 Å². The van der Waals surface area contributed by atoms with Crippen molar-refractivity contribution in [2.75, 3.05) is 0 Å². The molecule has 2 rings (SSSR count). The van der Waals surface area contributed by atoms with Crippen molar-refractivity contribution in [2.45, 2.75) is 31.6 Å². The molecular weight excluding hydrogens is 288 g/mol. The van der Waals surface area contributed by atoms with Gasteiger partial charge >= 0.3 is 0 Å². The van der Waals surface area contributed by atoms with Crippen molar-refractivity contribution in [2.24, 2.45) is 5.14 Å².